The molecule has 1 aliphatic carbocycles. The van der Waals surface area contributed by atoms with E-state index in [2.05, 4.69) is 0 Å². The summed E-state index contributed by atoms with van der Waals surface area (Å²) in [7, 11) is -20.6. The van der Waals surface area contributed by atoms with E-state index in [1.54, 1.807) is 0 Å². The van der Waals surface area contributed by atoms with Crippen molar-refractivity contribution in [2.24, 2.45) is 0 Å². The van der Waals surface area contributed by atoms with E-state index >= 15 is 0 Å². The van der Waals surface area contributed by atoms with Crippen LogP contribution in [0.1, 0.15) is 57.2 Å². The van der Waals surface area contributed by atoms with E-state index < -0.39 is 73.1 Å². The van der Waals surface area contributed by atoms with Crippen LogP contribution in [0.2, 0.25) is 0 Å². The monoisotopic (exact) mass is 582 g/mol. The lowest BCUT2D eigenvalue weighted by Gasteiger charge is -2.23. The molecule has 0 bridgehead atoms. The van der Waals surface area contributed by atoms with Crippen LogP contribution < -0.4 is 8.25 Å². The number of carbonyl (C=O) groups is 2. The first-order chi connectivity index (χ1) is 16.4. The third kappa shape index (κ3) is 5.70. The molecule has 36 heavy (non-hydrogen) atoms. The maximum atomic E-state index is 13.4. The molecule has 0 saturated heterocycles. The summed E-state index contributed by atoms with van der Waals surface area (Å²) >= 11 is 0. The smallest absolute Gasteiger partial charge is 0.289 e. The Kier molecular flexibility index (Phi) is 7.29. The van der Waals surface area contributed by atoms with Gasteiger partial charge in [0, 0.05) is 16.7 Å². The number of hydrogen-bond acceptors (Lipinski definition) is 10. The second-order valence-electron chi connectivity index (χ2n) is 7.57. The van der Waals surface area contributed by atoms with Crippen molar-refractivity contribution in [2.45, 2.75) is 36.0 Å². The molecule has 0 heterocycles. The first-order valence-electron chi connectivity index (χ1n) is 9.79. The van der Waals surface area contributed by atoms with Gasteiger partial charge in [0.25, 0.3) is 20.0 Å². The third-order valence-electron chi connectivity index (χ3n) is 5.02. The Morgan fingerprint density at radius 1 is 0.722 bits per heavy atom. The summed E-state index contributed by atoms with van der Waals surface area (Å²) in [6.45, 7) is 1.84. The fourth-order valence-electron chi connectivity index (χ4n) is 3.63. The van der Waals surface area contributed by atoms with E-state index in [-0.39, 0.29) is 23.1 Å². The van der Waals surface area contributed by atoms with Gasteiger partial charge in [-0.2, -0.15) is 16.8 Å². The Hall–Kier alpha value is -2.58. The summed E-state index contributed by atoms with van der Waals surface area (Å²) in [4.78, 5) is 25.0. The van der Waals surface area contributed by atoms with Gasteiger partial charge in [-0.3, -0.25) is 18.7 Å². The standard InChI is InChI=1S/C18H18N2O12S4/c1-2-3-4-10-5-8-14(34(25,26)20-36(30,31)32)16-15(10)17(21)12-7-6-11(9-13(12)18(16)22)33(23,24)19-35(27,28)29/h5-9,19-20H,2-4H2,1H3,(H,27,28,29)(H,30,31,32). The molecule has 3 rings (SSSR count). The molecule has 0 unspecified atom stereocenters. The molecule has 2 aromatic rings. The lowest BCUT2D eigenvalue weighted by molar-refractivity contribution is 0.0975. The van der Waals surface area contributed by atoms with Gasteiger partial charge in [0.1, 0.15) is 0 Å². The van der Waals surface area contributed by atoms with E-state index in [0.717, 1.165) is 26.5 Å². The SMILES string of the molecule is CCCCc1ccc(S(=O)(=O)NS(=O)(=O)O)c2c1C(=O)c1ccc(S(=O)(=O)NS(=O)(=O)O)cc1C2=O. The van der Waals surface area contributed by atoms with Crippen molar-refractivity contribution >= 4 is 52.2 Å². The van der Waals surface area contributed by atoms with E-state index in [0.29, 0.717) is 18.9 Å². The summed E-state index contributed by atoms with van der Waals surface area (Å²) in [5, 5.41) is 0. The number of fused-ring (bicyclic) bond motifs is 2. The number of unbranched alkanes of at least 4 members (excludes halogenated alkanes) is 1. The summed E-state index contributed by atoms with van der Waals surface area (Å²) < 4.78 is 114. The molecule has 18 heteroatoms. The lowest BCUT2D eigenvalue weighted by atomic mass is 9.81. The van der Waals surface area contributed by atoms with Crippen LogP contribution in [0.25, 0.3) is 0 Å². The zero-order chi connectivity index (χ0) is 27.3. The summed E-state index contributed by atoms with van der Waals surface area (Å²) in [5.74, 6) is -2.06. The molecular formula is C18H18N2O12S4. The van der Waals surface area contributed by atoms with Gasteiger partial charge in [0.05, 0.1) is 15.4 Å². The highest BCUT2D eigenvalue weighted by Gasteiger charge is 2.38. The Morgan fingerprint density at radius 3 is 1.83 bits per heavy atom. The molecule has 14 nitrogen and oxygen atoms in total. The van der Waals surface area contributed by atoms with E-state index in [1.165, 1.54) is 6.07 Å². The van der Waals surface area contributed by atoms with Gasteiger partial charge in [-0.25, -0.2) is 16.8 Å². The number of sulfonamides is 2. The number of aryl methyl sites for hydroxylation is 1. The minimum atomic E-state index is -5.32. The predicted molar refractivity (Wildman–Crippen MR) is 122 cm³/mol. The summed E-state index contributed by atoms with van der Waals surface area (Å²) in [6, 6.07) is 4.41. The van der Waals surface area contributed by atoms with Gasteiger partial charge in [-0.15, -0.1) is 0 Å². The second-order valence-corrected chi connectivity index (χ2v) is 13.7. The molecule has 4 N–H and O–H groups in total. The molecule has 0 amide bonds. The molecule has 1 aliphatic rings. The van der Waals surface area contributed by atoms with Crippen LogP contribution in [0.15, 0.2) is 40.1 Å². The zero-order valence-corrected chi connectivity index (χ0v) is 21.4. The van der Waals surface area contributed by atoms with Crippen LogP contribution in [0.3, 0.4) is 0 Å². The molecule has 0 spiro atoms. The molecule has 0 fully saturated rings. The molecular weight excluding hydrogens is 564 g/mol. The highest BCUT2D eigenvalue weighted by Crippen LogP contribution is 2.35. The van der Waals surface area contributed by atoms with Crippen LogP contribution in [0.4, 0.5) is 0 Å². The average Bonchev–Trinajstić information content (AvgIpc) is 2.71. The van der Waals surface area contributed by atoms with Crippen molar-refractivity contribution in [2.75, 3.05) is 0 Å². The van der Waals surface area contributed by atoms with Gasteiger partial charge in [-0.05, 0) is 42.7 Å². The number of benzene rings is 2. The Bertz CT molecular complexity index is 1730. The summed E-state index contributed by atoms with van der Waals surface area (Å²) in [6.07, 6.45) is 1.44. The fraction of sp³-hybridized carbons (Fsp3) is 0.222. The van der Waals surface area contributed by atoms with Gasteiger partial charge in [-0.1, -0.05) is 27.7 Å². The van der Waals surface area contributed by atoms with E-state index in [9.17, 15) is 43.3 Å². The Morgan fingerprint density at radius 2 is 1.28 bits per heavy atom. The van der Waals surface area contributed by atoms with Gasteiger partial charge in [0.15, 0.2) is 11.6 Å². The van der Waals surface area contributed by atoms with Crippen molar-refractivity contribution < 1.29 is 52.4 Å². The maximum absolute atomic E-state index is 13.4. The molecule has 0 saturated carbocycles. The van der Waals surface area contributed by atoms with Crippen molar-refractivity contribution in [1.82, 2.24) is 8.25 Å². The predicted octanol–water partition coefficient (Wildman–Crippen LogP) is -0.0332. The van der Waals surface area contributed by atoms with Crippen molar-refractivity contribution in [1.29, 1.82) is 0 Å². The van der Waals surface area contributed by atoms with Crippen LogP contribution in [0.5, 0.6) is 0 Å². The van der Waals surface area contributed by atoms with Crippen molar-refractivity contribution in [3.8, 4) is 0 Å². The zero-order valence-electron chi connectivity index (χ0n) is 18.1. The first kappa shape index (κ1) is 28.0. The molecule has 196 valence electrons. The fourth-order valence-corrected chi connectivity index (χ4v) is 7.82. The third-order valence-corrected chi connectivity index (χ3v) is 10.3. The highest BCUT2D eigenvalue weighted by molar-refractivity contribution is 8.02. The number of hydrogen-bond donors (Lipinski definition) is 4. The molecule has 0 radical (unpaired) electrons. The van der Waals surface area contributed by atoms with E-state index in [1.807, 2.05) is 6.92 Å². The lowest BCUT2D eigenvalue weighted by Crippen LogP contribution is -2.33. The Balaban J connectivity index is 2.32. The average molecular weight is 583 g/mol. The van der Waals surface area contributed by atoms with Crippen LogP contribution in [0, 0.1) is 0 Å². The van der Waals surface area contributed by atoms with Gasteiger partial charge < -0.3 is 0 Å². The summed E-state index contributed by atoms with van der Waals surface area (Å²) in [5.41, 5.74) is -1.78. The van der Waals surface area contributed by atoms with Gasteiger partial charge >= 0.3 is 20.6 Å². The molecule has 0 atom stereocenters. The van der Waals surface area contributed by atoms with Crippen LogP contribution in [-0.4, -0.2) is 54.3 Å². The molecule has 0 aliphatic heterocycles. The first-order valence-corrected chi connectivity index (χ1v) is 15.6. The normalized spacial score (nSPS) is 14.4. The maximum Gasteiger partial charge on any atom is 0.346 e. The largest absolute Gasteiger partial charge is 0.346 e. The van der Waals surface area contributed by atoms with Crippen molar-refractivity contribution in [3.63, 3.8) is 0 Å². The topological polar surface area (TPSA) is 235 Å². The minimum Gasteiger partial charge on any atom is -0.289 e. The van der Waals surface area contributed by atoms with Crippen molar-refractivity contribution in [3.05, 3.63) is 58.1 Å². The molecule has 0 aromatic heterocycles. The second kappa shape index (κ2) is 9.38. The minimum absolute atomic E-state index is 0.240. The number of nitrogens with one attached hydrogen (secondary N) is 2. The van der Waals surface area contributed by atoms with Crippen LogP contribution in [-0.2, 0) is 47.1 Å². The number of ketones is 2. The quantitative estimate of drug-likeness (QED) is 0.243. The Labute approximate surface area is 206 Å². The highest BCUT2D eigenvalue weighted by atomic mass is 32.3. The number of carbonyl (C=O) groups excluding carboxylic acids is 2. The van der Waals surface area contributed by atoms with Crippen LogP contribution >= 0.6 is 0 Å². The number of rotatable bonds is 9. The molecule has 2 aromatic carbocycles. The van der Waals surface area contributed by atoms with Gasteiger partial charge in [0.2, 0.25) is 0 Å². The van der Waals surface area contributed by atoms with E-state index in [4.69, 9.17) is 9.11 Å².